The molecule has 1 saturated carbocycles. The highest BCUT2D eigenvalue weighted by atomic mass is 35.5. The Morgan fingerprint density at radius 3 is 2.03 bits per heavy atom. The van der Waals surface area contributed by atoms with Crippen LogP contribution in [0, 0.1) is 5.92 Å². The Morgan fingerprint density at radius 1 is 0.824 bits per heavy atom. The summed E-state index contributed by atoms with van der Waals surface area (Å²) < 4.78 is -1.32. The number of amides is 2. The number of rotatable bonds is 5. The van der Waals surface area contributed by atoms with Gasteiger partial charge < -0.3 is 16.4 Å². The van der Waals surface area contributed by atoms with Crippen LogP contribution in [0.5, 0.6) is 0 Å². The second kappa shape index (κ2) is 10.4. The highest BCUT2D eigenvalue weighted by Gasteiger charge is 2.67. The van der Waals surface area contributed by atoms with E-state index in [-0.39, 0.29) is 23.0 Å². The first-order valence-corrected chi connectivity index (χ1v) is 11.6. The third-order valence-corrected chi connectivity index (χ3v) is 6.93. The Kier molecular flexibility index (Phi) is 8.18. The van der Waals surface area contributed by atoms with Gasteiger partial charge in [0, 0.05) is 33.0 Å². The summed E-state index contributed by atoms with van der Waals surface area (Å²) in [5.41, 5.74) is 8.00. The van der Waals surface area contributed by atoms with Gasteiger partial charge >= 0.3 is 0 Å². The molecule has 1 aliphatic carbocycles. The standard InChI is InChI=1S/C23H16Cl5N3O2.ClH/c24-12-7-11(8-13(25)9-12)19-20(23(19,27)28)22(33)31-16-5-6-18(26)17(10-16)21(32)30-15-3-1-14(29)2-4-15;/h1-10,19-20H,29H2,(H,30,32)(H,31,33);1H. The number of anilines is 3. The predicted molar refractivity (Wildman–Crippen MR) is 143 cm³/mol. The highest BCUT2D eigenvalue weighted by Crippen LogP contribution is 2.65. The average Bonchev–Trinajstić information content (AvgIpc) is 3.32. The summed E-state index contributed by atoms with van der Waals surface area (Å²) in [6.07, 6.45) is 0. The normalized spacial score (nSPS) is 17.9. The van der Waals surface area contributed by atoms with Crippen molar-refractivity contribution in [2.75, 3.05) is 16.4 Å². The molecule has 2 unspecified atom stereocenters. The van der Waals surface area contributed by atoms with Gasteiger partial charge in [0.1, 0.15) is 4.33 Å². The van der Waals surface area contributed by atoms with Crippen LogP contribution in [-0.4, -0.2) is 16.1 Å². The molecule has 178 valence electrons. The van der Waals surface area contributed by atoms with Gasteiger partial charge in [-0.3, -0.25) is 9.59 Å². The zero-order valence-corrected chi connectivity index (χ0v) is 21.7. The number of nitrogens with two attached hydrogens (primary N) is 1. The van der Waals surface area contributed by atoms with Crippen LogP contribution in [0.3, 0.4) is 0 Å². The summed E-state index contributed by atoms with van der Waals surface area (Å²) >= 11 is 31.2. The van der Waals surface area contributed by atoms with Crippen LogP contribution in [0.15, 0.2) is 60.7 Å². The minimum absolute atomic E-state index is 0. The highest BCUT2D eigenvalue weighted by molar-refractivity contribution is 6.53. The molecule has 2 amide bonds. The summed E-state index contributed by atoms with van der Waals surface area (Å²) in [7, 11) is 0. The summed E-state index contributed by atoms with van der Waals surface area (Å²) in [5.74, 6) is -2.08. The fourth-order valence-corrected chi connectivity index (χ4v) is 5.16. The second-order valence-corrected chi connectivity index (χ2v) is 10.3. The Balaban J connectivity index is 0.00000324. The quantitative estimate of drug-likeness (QED) is 0.217. The maximum Gasteiger partial charge on any atom is 0.257 e. The first-order valence-electron chi connectivity index (χ1n) is 9.67. The number of halogens is 6. The molecule has 0 spiro atoms. The van der Waals surface area contributed by atoms with Gasteiger partial charge in [-0.05, 0) is 66.2 Å². The number of carbonyl (C=O) groups excluding carboxylic acids is 2. The lowest BCUT2D eigenvalue weighted by atomic mass is 10.1. The molecule has 4 rings (SSSR count). The van der Waals surface area contributed by atoms with Crippen molar-refractivity contribution in [2.24, 2.45) is 5.92 Å². The van der Waals surface area contributed by atoms with Crippen LogP contribution in [-0.2, 0) is 4.79 Å². The molecule has 4 N–H and O–H groups in total. The summed E-state index contributed by atoms with van der Waals surface area (Å²) in [4.78, 5) is 25.6. The van der Waals surface area contributed by atoms with E-state index in [0.29, 0.717) is 32.7 Å². The van der Waals surface area contributed by atoms with Crippen molar-refractivity contribution in [3.8, 4) is 0 Å². The van der Waals surface area contributed by atoms with Crippen LogP contribution < -0.4 is 16.4 Å². The van der Waals surface area contributed by atoms with Crippen molar-refractivity contribution in [2.45, 2.75) is 10.3 Å². The van der Waals surface area contributed by atoms with Crippen molar-refractivity contribution >= 4 is 99.3 Å². The molecule has 0 radical (unpaired) electrons. The summed E-state index contributed by atoms with van der Waals surface area (Å²) in [6, 6.07) is 16.2. The molecule has 3 aromatic rings. The number of alkyl halides is 2. The number of benzene rings is 3. The second-order valence-electron chi connectivity index (χ2n) is 7.59. The van der Waals surface area contributed by atoms with E-state index in [1.54, 1.807) is 48.5 Å². The van der Waals surface area contributed by atoms with E-state index >= 15 is 0 Å². The van der Waals surface area contributed by atoms with Crippen LogP contribution in [0.1, 0.15) is 21.8 Å². The van der Waals surface area contributed by atoms with Gasteiger partial charge in [-0.15, -0.1) is 35.6 Å². The van der Waals surface area contributed by atoms with E-state index < -0.39 is 28.0 Å². The minimum atomic E-state index is -1.32. The van der Waals surface area contributed by atoms with E-state index in [4.69, 9.17) is 63.7 Å². The van der Waals surface area contributed by atoms with Gasteiger partial charge in [0.25, 0.3) is 5.91 Å². The van der Waals surface area contributed by atoms with E-state index in [9.17, 15) is 9.59 Å². The molecule has 5 nitrogen and oxygen atoms in total. The van der Waals surface area contributed by atoms with Gasteiger partial charge in [-0.1, -0.05) is 34.8 Å². The lowest BCUT2D eigenvalue weighted by Crippen LogP contribution is -2.18. The van der Waals surface area contributed by atoms with Crippen molar-refractivity contribution in [1.82, 2.24) is 0 Å². The number of hydrogen-bond donors (Lipinski definition) is 3. The molecule has 1 aliphatic rings. The lowest BCUT2D eigenvalue weighted by Gasteiger charge is -2.10. The molecule has 1 fully saturated rings. The number of nitrogen functional groups attached to an aromatic ring is 1. The molecule has 2 atom stereocenters. The van der Waals surface area contributed by atoms with E-state index in [1.165, 1.54) is 12.1 Å². The first kappa shape index (κ1) is 26.7. The smallest absolute Gasteiger partial charge is 0.257 e. The fourth-order valence-electron chi connectivity index (χ4n) is 3.58. The number of hydrogen-bond acceptors (Lipinski definition) is 3. The summed E-state index contributed by atoms with van der Waals surface area (Å²) in [6.45, 7) is 0. The van der Waals surface area contributed by atoms with Crippen LogP contribution in [0.4, 0.5) is 17.1 Å². The van der Waals surface area contributed by atoms with Crippen LogP contribution in [0.2, 0.25) is 15.1 Å². The Morgan fingerprint density at radius 2 is 1.41 bits per heavy atom. The zero-order chi connectivity index (χ0) is 23.9. The SMILES string of the molecule is Cl.Nc1ccc(NC(=O)c2cc(NC(=O)C3C(c4cc(Cl)cc(Cl)c4)C3(Cl)Cl)ccc2Cl)cc1. The zero-order valence-electron chi connectivity index (χ0n) is 17.1. The molecule has 0 aromatic heterocycles. The lowest BCUT2D eigenvalue weighted by molar-refractivity contribution is -0.117. The van der Waals surface area contributed by atoms with Gasteiger partial charge in [-0.2, -0.15) is 0 Å². The van der Waals surface area contributed by atoms with Gasteiger partial charge in [0.2, 0.25) is 5.91 Å². The third-order valence-electron chi connectivity index (χ3n) is 5.23. The maximum atomic E-state index is 12.9. The average molecular weight is 580 g/mol. The van der Waals surface area contributed by atoms with E-state index in [0.717, 1.165) is 0 Å². The van der Waals surface area contributed by atoms with Crippen molar-refractivity contribution in [3.63, 3.8) is 0 Å². The van der Waals surface area contributed by atoms with E-state index in [1.807, 2.05) is 0 Å². The topological polar surface area (TPSA) is 84.2 Å². The Labute approximate surface area is 227 Å². The molecule has 0 aliphatic heterocycles. The monoisotopic (exact) mass is 577 g/mol. The summed E-state index contributed by atoms with van der Waals surface area (Å²) in [5, 5.41) is 6.55. The van der Waals surface area contributed by atoms with Crippen molar-refractivity contribution in [1.29, 1.82) is 0 Å². The molecule has 0 bridgehead atoms. The Hall–Kier alpha value is -1.86. The van der Waals surface area contributed by atoms with Gasteiger partial charge in [-0.25, -0.2) is 0 Å². The maximum absolute atomic E-state index is 12.9. The minimum Gasteiger partial charge on any atom is -0.399 e. The van der Waals surface area contributed by atoms with Crippen molar-refractivity contribution in [3.05, 3.63) is 86.9 Å². The van der Waals surface area contributed by atoms with Gasteiger partial charge in [0.05, 0.1) is 16.5 Å². The largest absolute Gasteiger partial charge is 0.399 e. The Bertz CT molecular complexity index is 1230. The molecular weight excluding hydrogens is 563 g/mol. The predicted octanol–water partition coefficient (Wildman–Crippen LogP) is 7.43. The van der Waals surface area contributed by atoms with Crippen LogP contribution in [0.25, 0.3) is 0 Å². The molecule has 34 heavy (non-hydrogen) atoms. The molecule has 0 saturated heterocycles. The number of carbonyl (C=O) groups is 2. The van der Waals surface area contributed by atoms with Crippen LogP contribution >= 0.6 is 70.4 Å². The molecular formula is C23H17Cl6N3O2. The van der Waals surface area contributed by atoms with E-state index in [2.05, 4.69) is 10.6 Å². The van der Waals surface area contributed by atoms with Gasteiger partial charge in [0.15, 0.2) is 0 Å². The van der Waals surface area contributed by atoms with Crippen molar-refractivity contribution < 1.29 is 9.59 Å². The molecule has 3 aromatic carbocycles. The third kappa shape index (κ3) is 5.68. The first-order chi connectivity index (χ1) is 15.6. The molecule has 0 heterocycles. The molecule has 11 heteroatoms. The number of nitrogens with one attached hydrogen (secondary N) is 2. The fraction of sp³-hybridized carbons (Fsp3) is 0.130.